The first-order chi connectivity index (χ1) is 8.59. The molecule has 2 fully saturated rings. The number of carboxylic acids is 1. The van der Waals surface area contributed by atoms with Crippen molar-refractivity contribution in [2.75, 3.05) is 0 Å². The molecule has 0 radical (unpaired) electrons. The van der Waals surface area contributed by atoms with Gasteiger partial charge in [0, 0.05) is 12.3 Å². The third kappa shape index (κ3) is 2.18. The van der Waals surface area contributed by atoms with Crippen LogP contribution in [-0.2, 0) is 9.59 Å². The third-order valence-electron chi connectivity index (χ3n) is 4.72. The van der Waals surface area contributed by atoms with Crippen LogP contribution in [0.2, 0.25) is 0 Å². The molecule has 3 unspecified atom stereocenters. The van der Waals surface area contributed by atoms with Crippen LogP contribution in [0, 0.1) is 11.3 Å². The van der Waals surface area contributed by atoms with E-state index in [0.29, 0.717) is 25.7 Å². The average Bonchev–Trinajstić information content (AvgIpc) is 2.55. The minimum atomic E-state index is -1.30. The van der Waals surface area contributed by atoms with Crippen molar-refractivity contribution >= 4 is 11.8 Å². The summed E-state index contributed by atoms with van der Waals surface area (Å²) in [6.45, 7) is 0. The Hall–Kier alpha value is -0.900. The summed E-state index contributed by atoms with van der Waals surface area (Å²) in [4.78, 5) is 23.9. The van der Waals surface area contributed by atoms with E-state index in [1.165, 1.54) is 0 Å². The molecule has 18 heavy (non-hydrogen) atoms. The van der Waals surface area contributed by atoms with Crippen LogP contribution in [0.3, 0.4) is 0 Å². The van der Waals surface area contributed by atoms with Gasteiger partial charge in [-0.1, -0.05) is 25.7 Å². The first kappa shape index (κ1) is 13.5. The average molecular weight is 254 g/mol. The van der Waals surface area contributed by atoms with Gasteiger partial charge in [-0.05, 0) is 25.7 Å². The van der Waals surface area contributed by atoms with Crippen LogP contribution in [-0.4, -0.2) is 28.1 Å². The fourth-order valence-electron chi connectivity index (χ4n) is 3.69. The van der Waals surface area contributed by atoms with Crippen LogP contribution in [0.25, 0.3) is 0 Å². The number of aliphatic hydroxyl groups is 1. The lowest BCUT2D eigenvalue weighted by molar-refractivity contribution is -0.166. The number of hydrogen-bond donors (Lipinski definition) is 2. The molecule has 0 saturated heterocycles. The predicted octanol–water partition coefficient (Wildman–Crippen LogP) is 2.14. The molecule has 102 valence electrons. The number of Topliss-reactive ketones (excluding diaryl/α,β-unsaturated/α-hetero) is 1. The van der Waals surface area contributed by atoms with Crippen molar-refractivity contribution in [3.05, 3.63) is 0 Å². The number of rotatable bonds is 2. The Balaban J connectivity index is 2.33. The summed E-state index contributed by atoms with van der Waals surface area (Å²) in [5.74, 6) is -1.56. The number of carboxylic acid groups (broad SMARTS) is 1. The van der Waals surface area contributed by atoms with E-state index >= 15 is 0 Å². The van der Waals surface area contributed by atoms with E-state index in [0.717, 1.165) is 32.1 Å². The van der Waals surface area contributed by atoms with Crippen molar-refractivity contribution in [2.24, 2.45) is 11.3 Å². The van der Waals surface area contributed by atoms with Crippen LogP contribution < -0.4 is 0 Å². The lowest BCUT2D eigenvalue weighted by Gasteiger charge is -2.40. The van der Waals surface area contributed by atoms with E-state index in [-0.39, 0.29) is 11.7 Å². The number of ketones is 1. The van der Waals surface area contributed by atoms with Gasteiger partial charge in [0.2, 0.25) is 0 Å². The molecule has 0 aromatic heterocycles. The Labute approximate surface area is 107 Å². The monoisotopic (exact) mass is 254 g/mol. The second-order valence-electron chi connectivity index (χ2n) is 5.72. The quantitative estimate of drug-likeness (QED) is 0.585. The van der Waals surface area contributed by atoms with E-state index < -0.39 is 17.5 Å². The summed E-state index contributed by atoms with van der Waals surface area (Å²) in [7, 11) is 0. The zero-order chi connectivity index (χ0) is 13.2. The van der Waals surface area contributed by atoms with Crippen molar-refractivity contribution in [2.45, 2.75) is 63.9 Å². The largest absolute Gasteiger partial charge is 0.480 e. The highest BCUT2D eigenvalue weighted by Crippen LogP contribution is 2.46. The van der Waals surface area contributed by atoms with Crippen molar-refractivity contribution in [1.29, 1.82) is 0 Å². The molecule has 0 amide bonds. The highest BCUT2D eigenvalue weighted by molar-refractivity contribution is 6.04. The Morgan fingerprint density at radius 1 is 1.11 bits per heavy atom. The topological polar surface area (TPSA) is 74.6 Å². The number of hydrogen-bond acceptors (Lipinski definition) is 3. The third-order valence-corrected chi connectivity index (χ3v) is 4.72. The summed E-state index contributed by atoms with van der Waals surface area (Å²) in [6.07, 6.45) is 5.87. The van der Waals surface area contributed by atoms with Gasteiger partial charge in [-0.25, -0.2) is 0 Å². The van der Waals surface area contributed by atoms with Gasteiger partial charge in [-0.15, -0.1) is 0 Å². The van der Waals surface area contributed by atoms with E-state index in [9.17, 15) is 19.8 Å². The number of aliphatic carboxylic acids is 1. The number of carbonyl (C=O) groups is 2. The lowest BCUT2D eigenvalue weighted by Crippen LogP contribution is -2.51. The maximum absolute atomic E-state index is 12.2. The summed E-state index contributed by atoms with van der Waals surface area (Å²) >= 11 is 0. The minimum Gasteiger partial charge on any atom is -0.480 e. The molecule has 0 bridgehead atoms. The Bertz CT molecular complexity index is 339. The molecular weight excluding hydrogens is 232 g/mol. The molecule has 2 saturated carbocycles. The van der Waals surface area contributed by atoms with Crippen LogP contribution in [0.4, 0.5) is 0 Å². The molecule has 4 heteroatoms. The molecular formula is C14H22O4. The maximum atomic E-state index is 12.2. The first-order valence-electron chi connectivity index (χ1n) is 7.04. The van der Waals surface area contributed by atoms with Gasteiger partial charge in [0.25, 0.3) is 0 Å². The summed E-state index contributed by atoms with van der Waals surface area (Å²) in [6, 6.07) is 0. The molecule has 2 N–H and O–H groups in total. The van der Waals surface area contributed by atoms with E-state index in [2.05, 4.69) is 0 Å². The molecule has 3 atom stereocenters. The molecule has 0 aromatic carbocycles. The fraction of sp³-hybridized carbons (Fsp3) is 0.857. The van der Waals surface area contributed by atoms with Crippen molar-refractivity contribution in [1.82, 2.24) is 0 Å². The molecule has 2 aliphatic carbocycles. The molecule has 2 rings (SSSR count). The second kappa shape index (κ2) is 5.39. The number of aliphatic hydroxyl groups excluding tert-OH is 1. The van der Waals surface area contributed by atoms with Gasteiger partial charge >= 0.3 is 5.97 Å². The molecule has 0 aliphatic heterocycles. The van der Waals surface area contributed by atoms with Gasteiger partial charge in [-0.2, -0.15) is 0 Å². The van der Waals surface area contributed by atoms with E-state index in [1.54, 1.807) is 0 Å². The summed E-state index contributed by atoms with van der Waals surface area (Å²) < 4.78 is 0. The summed E-state index contributed by atoms with van der Waals surface area (Å²) in [5.41, 5.74) is -1.30. The smallest absolute Gasteiger partial charge is 0.317 e. The predicted molar refractivity (Wildman–Crippen MR) is 66.1 cm³/mol. The first-order valence-corrected chi connectivity index (χ1v) is 7.04. The number of carbonyl (C=O) groups excluding carboxylic acids is 1. The molecule has 2 aliphatic rings. The Morgan fingerprint density at radius 3 is 2.50 bits per heavy atom. The van der Waals surface area contributed by atoms with Gasteiger partial charge in [-0.3, -0.25) is 9.59 Å². The Kier molecular flexibility index (Phi) is 4.05. The normalized spacial score (nSPS) is 38.2. The SMILES string of the molecule is O=C(O)C1(C2CCCCCC2O)CCCCC1=O. The van der Waals surface area contributed by atoms with Crippen molar-refractivity contribution < 1.29 is 19.8 Å². The van der Waals surface area contributed by atoms with Gasteiger partial charge < -0.3 is 10.2 Å². The van der Waals surface area contributed by atoms with Gasteiger partial charge in [0.05, 0.1) is 6.10 Å². The zero-order valence-corrected chi connectivity index (χ0v) is 10.7. The van der Waals surface area contributed by atoms with Crippen LogP contribution >= 0.6 is 0 Å². The zero-order valence-electron chi connectivity index (χ0n) is 10.7. The fourth-order valence-corrected chi connectivity index (χ4v) is 3.69. The van der Waals surface area contributed by atoms with Gasteiger partial charge in [0.15, 0.2) is 5.78 Å². The van der Waals surface area contributed by atoms with Crippen molar-refractivity contribution in [3.8, 4) is 0 Å². The van der Waals surface area contributed by atoms with E-state index in [1.807, 2.05) is 0 Å². The van der Waals surface area contributed by atoms with Crippen LogP contribution in [0.1, 0.15) is 57.8 Å². The molecule has 0 aromatic rings. The molecule has 4 nitrogen and oxygen atoms in total. The van der Waals surface area contributed by atoms with E-state index in [4.69, 9.17) is 0 Å². The molecule has 0 spiro atoms. The highest BCUT2D eigenvalue weighted by Gasteiger charge is 2.54. The standard InChI is InChI=1S/C14H22O4/c15-11-7-3-1-2-6-10(11)14(13(17)18)9-5-4-8-12(14)16/h10-11,15H,1-9H2,(H,17,18). The van der Waals surface area contributed by atoms with Crippen LogP contribution in [0.15, 0.2) is 0 Å². The maximum Gasteiger partial charge on any atom is 0.317 e. The van der Waals surface area contributed by atoms with Crippen LogP contribution in [0.5, 0.6) is 0 Å². The highest BCUT2D eigenvalue weighted by atomic mass is 16.4. The summed E-state index contributed by atoms with van der Waals surface area (Å²) in [5, 5.41) is 19.8. The lowest BCUT2D eigenvalue weighted by atomic mass is 9.62. The van der Waals surface area contributed by atoms with Gasteiger partial charge in [0.1, 0.15) is 5.41 Å². The Morgan fingerprint density at radius 2 is 1.83 bits per heavy atom. The minimum absolute atomic E-state index is 0.160. The van der Waals surface area contributed by atoms with Crippen molar-refractivity contribution in [3.63, 3.8) is 0 Å². The molecule has 0 heterocycles. The second-order valence-corrected chi connectivity index (χ2v) is 5.72.